The molecule has 1 heterocycles. The molecule has 172 valence electrons. The van der Waals surface area contributed by atoms with Gasteiger partial charge in [-0.3, -0.25) is 9.59 Å². The lowest BCUT2D eigenvalue weighted by molar-refractivity contribution is -0.123. The Bertz CT molecular complexity index is 875. The number of para-hydroxylation sites is 1. The molecular formula is C27H37N3O2. The van der Waals surface area contributed by atoms with Crippen LogP contribution in [0.2, 0.25) is 0 Å². The molecule has 0 unspecified atom stereocenters. The minimum Gasteiger partial charge on any atom is -0.371 e. The van der Waals surface area contributed by atoms with E-state index in [0.717, 1.165) is 55.6 Å². The number of amides is 2. The molecule has 1 aliphatic heterocycles. The standard InChI is InChI=1S/C27H37N3O2/c1-4-20(3)19-28-26(31)24-13-9-10-14-25(24)30-17-15-22(16-18-30)29-27(32)23(5-2)21-11-7-6-8-12-21/h6-14,20,22-23H,4-5,15-19H2,1-3H3,(H,28,31)(H,29,32)/t20-,23+/m1/s1. The highest BCUT2D eigenvalue weighted by molar-refractivity contribution is 5.99. The molecule has 0 spiro atoms. The summed E-state index contributed by atoms with van der Waals surface area (Å²) < 4.78 is 0. The first kappa shape index (κ1) is 23.8. The Balaban J connectivity index is 1.58. The number of hydrogen-bond donors (Lipinski definition) is 2. The van der Waals surface area contributed by atoms with Crippen LogP contribution in [-0.4, -0.2) is 37.5 Å². The maximum Gasteiger partial charge on any atom is 0.253 e. The smallest absolute Gasteiger partial charge is 0.253 e. The second kappa shape index (κ2) is 11.7. The first-order chi connectivity index (χ1) is 15.5. The van der Waals surface area contributed by atoms with Crippen LogP contribution in [0.25, 0.3) is 0 Å². The Morgan fingerprint density at radius 2 is 1.62 bits per heavy atom. The maximum atomic E-state index is 12.9. The molecule has 2 amide bonds. The number of anilines is 1. The SMILES string of the molecule is CC[C@@H](C)CNC(=O)c1ccccc1N1CCC(NC(=O)[C@@H](CC)c2ccccc2)CC1. The van der Waals surface area contributed by atoms with Crippen LogP contribution < -0.4 is 15.5 Å². The molecule has 32 heavy (non-hydrogen) atoms. The number of carbonyl (C=O) groups is 2. The van der Waals surface area contributed by atoms with Crippen LogP contribution in [0.15, 0.2) is 54.6 Å². The second-order valence-electron chi connectivity index (χ2n) is 8.88. The van der Waals surface area contributed by atoms with E-state index in [0.29, 0.717) is 12.5 Å². The molecule has 0 radical (unpaired) electrons. The Labute approximate surface area is 192 Å². The number of carbonyl (C=O) groups excluding carboxylic acids is 2. The number of benzene rings is 2. The summed E-state index contributed by atoms with van der Waals surface area (Å²) in [6, 6.07) is 18.0. The summed E-state index contributed by atoms with van der Waals surface area (Å²) in [7, 11) is 0. The normalized spacial score (nSPS) is 16.3. The summed E-state index contributed by atoms with van der Waals surface area (Å²) in [6.07, 6.45) is 3.58. The molecule has 1 saturated heterocycles. The van der Waals surface area contributed by atoms with Crippen LogP contribution in [0, 0.1) is 5.92 Å². The Hall–Kier alpha value is -2.82. The van der Waals surface area contributed by atoms with Crippen molar-refractivity contribution in [2.75, 3.05) is 24.5 Å². The fourth-order valence-corrected chi connectivity index (χ4v) is 4.27. The molecule has 2 aromatic carbocycles. The molecule has 0 aromatic heterocycles. The average Bonchev–Trinajstić information content (AvgIpc) is 2.84. The molecule has 0 aliphatic carbocycles. The van der Waals surface area contributed by atoms with Gasteiger partial charge in [0.25, 0.3) is 5.91 Å². The molecule has 2 N–H and O–H groups in total. The lowest BCUT2D eigenvalue weighted by Crippen LogP contribution is -2.46. The first-order valence-corrected chi connectivity index (χ1v) is 12.0. The fraction of sp³-hybridized carbons (Fsp3) is 0.481. The predicted molar refractivity (Wildman–Crippen MR) is 131 cm³/mol. The molecule has 3 rings (SSSR count). The number of piperidine rings is 1. The van der Waals surface area contributed by atoms with E-state index in [9.17, 15) is 9.59 Å². The molecule has 5 nitrogen and oxygen atoms in total. The third-order valence-corrected chi connectivity index (χ3v) is 6.57. The van der Waals surface area contributed by atoms with E-state index in [1.165, 1.54) is 0 Å². The Morgan fingerprint density at radius 3 is 2.28 bits per heavy atom. The van der Waals surface area contributed by atoms with Crippen molar-refractivity contribution in [1.29, 1.82) is 0 Å². The molecule has 1 fully saturated rings. The lowest BCUT2D eigenvalue weighted by Gasteiger charge is -2.35. The fourth-order valence-electron chi connectivity index (χ4n) is 4.27. The largest absolute Gasteiger partial charge is 0.371 e. The van der Waals surface area contributed by atoms with Gasteiger partial charge < -0.3 is 15.5 Å². The van der Waals surface area contributed by atoms with Gasteiger partial charge in [-0.2, -0.15) is 0 Å². The van der Waals surface area contributed by atoms with Crippen LogP contribution in [0.4, 0.5) is 5.69 Å². The second-order valence-corrected chi connectivity index (χ2v) is 8.88. The zero-order valence-corrected chi connectivity index (χ0v) is 19.6. The van der Waals surface area contributed by atoms with Crippen LogP contribution in [0.5, 0.6) is 0 Å². The van der Waals surface area contributed by atoms with E-state index in [-0.39, 0.29) is 23.8 Å². The van der Waals surface area contributed by atoms with E-state index in [1.807, 2.05) is 54.6 Å². The predicted octanol–water partition coefficient (Wildman–Crippen LogP) is 4.74. The van der Waals surface area contributed by atoms with Gasteiger partial charge in [-0.25, -0.2) is 0 Å². The van der Waals surface area contributed by atoms with E-state index in [1.54, 1.807) is 0 Å². The number of nitrogens with one attached hydrogen (secondary N) is 2. The number of nitrogens with zero attached hydrogens (tertiary/aromatic N) is 1. The third-order valence-electron chi connectivity index (χ3n) is 6.57. The van der Waals surface area contributed by atoms with Crippen molar-refractivity contribution in [2.45, 2.75) is 58.4 Å². The van der Waals surface area contributed by atoms with Gasteiger partial charge >= 0.3 is 0 Å². The molecule has 2 aromatic rings. The van der Waals surface area contributed by atoms with Crippen molar-refractivity contribution in [1.82, 2.24) is 10.6 Å². The van der Waals surface area contributed by atoms with Gasteiger partial charge in [0.2, 0.25) is 5.91 Å². The zero-order chi connectivity index (χ0) is 22.9. The molecule has 0 saturated carbocycles. The van der Waals surface area contributed by atoms with Crippen LogP contribution in [-0.2, 0) is 4.79 Å². The van der Waals surface area contributed by atoms with Crippen LogP contribution in [0.3, 0.4) is 0 Å². The third kappa shape index (κ3) is 6.12. The van der Waals surface area contributed by atoms with Crippen molar-refractivity contribution >= 4 is 17.5 Å². The lowest BCUT2D eigenvalue weighted by atomic mass is 9.94. The Morgan fingerprint density at radius 1 is 0.969 bits per heavy atom. The van der Waals surface area contributed by atoms with E-state index in [4.69, 9.17) is 0 Å². The highest BCUT2D eigenvalue weighted by Crippen LogP contribution is 2.25. The number of rotatable bonds is 9. The van der Waals surface area contributed by atoms with Crippen molar-refractivity contribution in [3.63, 3.8) is 0 Å². The average molecular weight is 436 g/mol. The molecule has 1 aliphatic rings. The van der Waals surface area contributed by atoms with E-state index >= 15 is 0 Å². The highest BCUT2D eigenvalue weighted by atomic mass is 16.2. The van der Waals surface area contributed by atoms with Crippen molar-refractivity contribution in [2.24, 2.45) is 5.92 Å². The van der Waals surface area contributed by atoms with Crippen molar-refractivity contribution < 1.29 is 9.59 Å². The van der Waals surface area contributed by atoms with Gasteiger partial charge in [0.05, 0.1) is 11.5 Å². The number of hydrogen-bond acceptors (Lipinski definition) is 3. The first-order valence-electron chi connectivity index (χ1n) is 12.0. The van der Waals surface area contributed by atoms with Gasteiger partial charge in [0, 0.05) is 31.4 Å². The van der Waals surface area contributed by atoms with Crippen LogP contribution >= 0.6 is 0 Å². The minimum absolute atomic E-state index is 0.00928. The van der Waals surface area contributed by atoms with Crippen LogP contribution in [0.1, 0.15) is 68.3 Å². The minimum atomic E-state index is -0.107. The van der Waals surface area contributed by atoms with Gasteiger partial charge in [0.15, 0.2) is 0 Å². The summed E-state index contributed by atoms with van der Waals surface area (Å²) in [5.74, 6) is 0.462. The quantitative estimate of drug-likeness (QED) is 0.598. The molecule has 0 bridgehead atoms. The molecular weight excluding hydrogens is 398 g/mol. The van der Waals surface area contributed by atoms with E-state index in [2.05, 4.69) is 36.3 Å². The maximum absolute atomic E-state index is 12.9. The topological polar surface area (TPSA) is 61.4 Å². The van der Waals surface area contributed by atoms with Gasteiger partial charge in [0.1, 0.15) is 0 Å². The van der Waals surface area contributed by atoms with Gasteiger partial charge in [-0.15, -0.1) is 0 Å². The van der Waals surface area contributed by atoms with Crippen molar-refractivity contribution in [3.05, 3.63) is 65.7 Å². The molecule has 5 heteroatoms. The van der Waals surface area contributed by atoms with Gasteiger partial charge in [-0.1, -0.05) is 69.7 Å². The van der Waals surface area contributed by atoms with E-state index < -0.39 is 0 Å². The highest BCUT2D eigenvalue weighted by Gasteiger charge is 2.26. The summed E-state index contributed by atoms with van der Waals surface area (Å²) in [4.78, 5) is 28.0. The monoisotopic (exact) mass is 435 g/mol. The zero-order valence-electron chi connectivity index (χ0n) is 19.6. The summed E-state index contributed by atoms with van der Waals surface area (Å²) in [6.45, 7) is 8.68. The summed E-state index contributed by atoms with van der Waals surface area (Å²) in [5.41, 5.74) is 2.78. The summed E-state index contributed by atoms with van der Waals surface area (Å²) >= 11 is 0. The summed E-state index contributed by atoms with van der Waals surface area (Å²) in [5, 5.41) is 6.35. The van der Waals surface area contributed by atoms with Crippen molar-refractivity contribution in [3.8, 4) is 0 Å². The molecule has 2 atom stereocenters. The Kier molecular flexibility index (Phi) is 8.72. The van der Waals surface area contributed by atoms with Gasteiger partial charge in [-0.05, 0) is 42.9 Å².